The molecule has 3 aromatic rings. The highest BCUT2D eigenvalue weighted by atomic mass is 16.6. The predicted octanol–water partition coefficient (Wildman–Crippen LogP) is 6.70. The maximum Gasteiger partial charge on any atom is 0.410 e. The van der Waals surface area contributed by atoms with E-state index in [0.29, 0.717) is 17.7 Å². The molecule has 2 aliphatic heterocycles. The minimum atomic E-state index is -2.40. The third-order valence-electron chi connectivity index (χ3n) is 21.3. The van der Waals surface area contributed by atoms with Crippen molar-refractivity contribution in [2.24, 2.45) is 34.3 Å². The summed E-state index contributed by atoms with van der Waals surface area (Å²) in [5, 5.41) is 27.6. The van der Waals surface area contributed by atoms with E-state index in [-0.39, 0.29) is 92.5 Å². The number of ketones is 2. The van der Waals surface area contributed by atoms with Crippen molar-refractivity contribution in [2.75, 3.05) is 59.9 Å². The highest BCUT2D eigenvalue weighted by Gasteiger charge is 2.78. The van der Waals surface area contributed by atoms with Gasteiger partial charge in [-0.3, -0.25) is 28.8 Å². The number of methoxy groups -OCH3 is 2. The standard InChI is InChI=1S/C78H106N8O23/c1-42(2)57(83-66(91)52-34-33-51(104-52)59(88)43(3)4)67(92)82-50(28-23-35-80-70(79)95)65(90)81-49-31-29-46(30-32-49)40-102-72(97)85(13)36-37-86(14)73(98)106-61(58(47-24-19-17-20-25-47)84-71(96)109-74(7,8)9)69(94)105-53-39-78(99)64(107-68(93)48-26-21-18-22-27-48)62-76(12,63(89)60(101-16)56(44(53)5)75(78,10)11)54(100-15)38-55-77(62,41-103-55)108-45(6)87/h17-22,24-27,29-32,42-43,50-55,57-58,60-62,64,99H,23,28,33-41H2,1-16H3,(H,81,90)(H,82,92)(H,83,91)(H,84,96)(H3,79,80,95)/t50-,51?,52?,53-,54-,55+,57-,58-,60+,61+,62-,64-,76+,77-,78+/m0/s1. The average Bonchev–Trinajstić information content (AvgIpc) is 1.05. The molecule has 8 rings (SSSR count). The first-order valence-corrected chi connectivity index (χ1v) is 36.6. The molecule has 596 valence electrons. The number of esters is 3. The number of likely N-dealkylation sites (N-methyl/N-ethyl adjacent to an activating group) is 2. The van der Waals surface area contributed by atoms with Gasteiger partial charge in [0.05, 0.1) is 29.6 Å². The number of anilines is 1. The van der Waals surface area contributed by atoms with Crippen molar-refractivity contribution >= 4 is 77.2 Å². The molecule has 31 heteroatoms. The van der Waals surface area contributed by atoms with Crippen LogP contribution in [0.15, 0.2) is 96.1 Å². The maximum absolute atomic E-state index is 16.1. The fraction of sp³-hybridized carbons (Fsp3) is 0.590. The normalized spacial score (nSPS) is 25.8. The van der Waals surface area contributed by atoms with Crippen LogP contribution in [0.1, 0.15) is 149 Å². The van der Waals surface area contributed by atoms with Crippen molar-refractivity contribution in [3.8, 4) is 0 Å². The van der Waals surface area contributed by atoms with Gasteiger partial charge in [-0.1, -0.05) is 102 Å². The zero-order valence-electron chi connectivity index (χ0n) is 64.8. The van der Waals surface area contributed by atoms with E-state index in [1.54, 1.807) is 149 Å². The van der Waals surface area contributed by atoms with E-state index in [1.165, 1.54) is 52.3 Å². The molecule has 15 atom stereocenters. The molecule has 2 heterocycles. The Balaban J connectivity index is 0.999. The van der Waals surface area contributed by atoms with Crippen molar-refractivity contribution in [1.29, 1.82) is 0 Å². The molecule has 31 nitrogen and oxygen atoms in total. The minimum absolute atomic E-state index is 0.0373. The van der Waals surface area contributed by atoms with Gasteiger partial charge in [0.15, 0.2) is 17.2 Å². The Morgan fingerprint density at radius 3 is 1.97 bits per heavy atom. The van der Waals surface area contributed by atoms with Gasteiger partial charge in [-0.2, -0.15) is 0 Å². The Morgan fingerprint density at radius 1 is 0.780 bits per heavy atom. The summed E-state index contributed by atoms with van der Waals surface area (Å²) < 4.78 is 61.1. The van der Waals surface area contributed by atoms with Crippen LogP contribution in [0.25, 0.3) is 0 Å². The maximum atomic E-state index is 16.1. The summed E-state index contributed by atoms with van der Waals surface area (Å²) in [7, 11) is 5.44. The summed E-state index contributed by atoms with van der Waals surface area (Å²) >= 11 is 0. The lowest BCUT2D eigenvalue weighted by atomic mass is 9.44. The van der Waals surface area contributed by atoms with E-state index in [1.807, 2.05) is 0 Å². The van der Waals surface area contributed by atoms with Crippen molar-refractivity contribution in [2.45, 2.75) is 212 Å². The molecule has 8 amide bonds. The molecule has 2 saturated heterocycles. The Hall–Kier alpha value is -9.56. The molecule has 8 N–H and O–H groups in total. The molecule has 0 radical (unpaired) electrons. The minimum Gasteiger partial charge on any atom is -0.455 e. The Labute approximate surface area is 634 Å². The molecule has 2 unspecified atom stereocenters. The summed E-state index contributed by atoms with van der Waals surface area (Å²) in [5.41, 5.74) is -1.90. The van der Waals surface area contributed by atoms with Crippen LogP contribution in [-0.2, 0) is 87.5 Å². The number of ether oxygens (including phenoxy) is 10. The molecule has 5 aliphatic rings. The first kappa shape index (κ1) is 85.1. The van der Waals surface area contributed by atoms with Gasteiger partial charge in [-0.15, -0.1) is 0 Å². The number of rotatable bonds is 29. The van der Waals surface area contributed by atoms with Gasteiger partial charge in [0.25, 0.3) is 0 Å². The van der Waals surface area contributed by atoms with Gasteiger partial charge >= 0.3 is 42.2 Å². The number of nitrogens with two attached hydrogens (primary N) is 1. The first-order chi connectivity index (χ1) is 51.2. The van der Waals surface area contributed by atoms with Crippen LogP contribution in [0.5, 0.6) is 0 Å². The van der Waals surface area contributed by atoms with Gasteiger partial charge in [0.2, 0.25) is 23.8 Å². The van der Waals surface area contributed by atoms with Crippen LogP contribution in [0.3, 0.4) is 0 Å². The highest BCUT2D eigenvalue weighted by molar-refractivity contribution is 5.99. The van der Waals surface area contributed by atoms with Crippen LogP contribution in [0.2, 0.25) is 0 Å². The molecule has 3 aromatic carbocycles. The number of fused-ring (bicyclic) bond motifs is 5. The predicted molar refractivity (Wildman–Crippen MR) is 391 cm³/mol. The third kappa shape index (κ3) is 19.2. The van der Waals surface area contributed by atoms with E-state index in [2.05, 4.69) is 26.6 Å². The molecule has 109 heavy (non-hydrogen) atoms. The van der Waals surface area contributed by atoms with Gasteiger partial charge in [-0.25, -0.2) is 28.8 Å². The Morgan fingerprint density at radius 2 is 1.40 bits per heavy atom. The zero-order valence-corrected chi connectivity index (χ0v) is 64.8. The third-order valence-corrected chi connectivity index (χ3v) is 21.3. The summed E-state index contributed by atoms with van der Waals surface area (Å²) in [4.78, 5) is 169. The number of aliphatic hydroxyl groups is 1. The number of hydrogen-bond donors (Lipinski definition) is 7. The van der Waals surface area contributed by atoms with E-state index < -0.39 is 179 Å². The average molecular weight is 1520 g/mol. The number of primary amides is 1. The molecule has 3 aliphatic carbocycles. The Bertz CT molecular complexity index is 3870. The zero-order chi connectivity index (χ0) is 80.4. The van der Waals surface area contributed by atoms with E-state index in [4.69, 9.17) is 53.1 Å². The molecule has 4 fully saturated rings. The SMILES string of the molecule is CO[C@H]1C(=O)[C@]2(C)[C@@H](OC)C[C@H]3OC[C@@]3(OC(C)=O)[C@H]2[C@H](OC(=O)c2ccccc2)[C@]2(O)C[C@H](OC(=O)[C@H](OC(=O)N(C)CCN(C)C(=O)OCc3ccc(NC(=O)[C@H](CCCNC(N)=O)NC(=O)[C@@H](NC(=O)C4CCC(C(=O)C(C)C)O4)C(C)C)cc3)[C@@H](NC(=O)OC(C)(C)C)c3ccccc3)C(C)=C1C2(C)C. The lowest BCUT2D eigenvalue weighted by Gasteiger charge is -2.67. The first-order valence-electron chi connectivity index (χ1n) is 36.6. The lowest BCUT2D eigenvalue weighted by molar-refractivity contribution is -0.347. The summed E-state index contributed by atoms with van der Waals surface area (Å²) in [5.74, 6) is -7.72. The molecule has 2 saturated carbocycles. The highest BCUT2D eigenvalue weighted by Crippen LogP contribution is 2.65. The quantitative estimate of drug-likeness (QED) is 0.0164. The molecular weight excluding hydrogens is 1420 g/mol. The summed E-state index contributed by atoms with van der Waals surface area (Å²) in [6.45, 7) is 18.6. The number of benzene rings is 3. The van der Waals surface area contributed by atoms with Crippen molar-refractivity contribution < 1.29 is 110 Å². The van der Waals surface area contributed by atoms with Crippen LogP contribution >= 0.6 is 0 Å². The Kier molecular flexibility index (Phi) is 27.6. The largest absolute Gasteiger partial charge is 0.455 e. The number of alkyl carbamates (subject to hydrolysis) is 1. The number of hydrogen-bond acceptors (Lipinski definition) is 23. The van der Waals surface area contributed by atoms with Gasteiger partial charge < -0.3 is 94.6 Å². The number of carbonyl (C=O) groups is 12. The van der Waals surface area contributed by atoms with Crippen molar-refractivity contribution in [3.63, 3.8) is 0 Å². The molecule has 2 bridgehead atoms. The molecule has 0 aromatic heterocycles. The smallest absolute Gasteiger partial charge is 0.410 e. The van der Waals surface area contributed by atoms with Gasteiger partial charge in [0.1, 0.15) is 72.6 Å². The molecular formula is C78H106N8O23. The second-order valence-corrected chi connectivity index (χ2v) is 30.9. The van der Waals surface area contributed by atoms with Crippen LogP contribution in [0, 0.1) is 28.6 Å². The second-order valence-electron chi connectivity index (χ2n) is 30.9. The van der Waals surface area contributed by atoms with Gasteiger partial charge in [0, 0.05) is 84.7 Å². The summed E-state index contributed by atoms with van der Waals surface area (Å²) in [6, 6.07) is 17.6. The monoisotopic (exact) mass is 1520 g/mol. The van der Waals surface area contributed by atoms with Crippen molar-refractivity contribution in [3.05, 3.63) is 113 Å². The van der Waals surface area contributed by atoms with Gasteiger partial charge in [-0.05, 0) is 113 Å². The fourth-order valence-electron chi connectivity index (χ4n) is 15.3. The summed E-state index contributed by atoms with van der Waals surface area (Å²) in [6.07, 6.45) is -13.3. The number of amides is 8. The number of nitrogens with zero attached hydrogens (tertiary/aromatic N) is 2. The van der Waals surface area contributed by atoms with E-state index in [0.717, 1.165) is 4.90 Å². The van der Waals surface area contributed by atoms with E-state index >= 15 is 9.59 Å². The van der Waals surface area contributed by atoms with Crippen LogP contribution in [0.4, 0.5) is 24.9 Å². The number of Topliss-reactive ketones (excluding diaryl/α,β-unsaturated/α-hetero) is 2. The van der Waals surface area contributed by atoms with E-state index in [9.17, 15) is 53.1 Å². The number of nitrogens with one attached hydrogen (secondary N) is 5. The van der Waals surface area contributed by atoms with Crippen molar-refractivity contribution in [1.82, 2.24) is 31.1 Å². The lowest BCUT2D eigenvalue weighted by Crippen LogP contribution is -2.82. The second kappa shape index (κ2) is 35.4. The van der Waals surface area contributed by atoms with Crippen LogP contribution in [-0.4, -0.2) is 219 Å². The fourth-order valence-corrected chi connectivity index (χ4v) is 15.3. The number of carbonyl (C=O) groups excluding carboxylic acids is 12. The number of urea groups is 1. The molecule has 0 spiro atoms. The topological polar surface area (TPSA) is 410 Å². The van der Waals surface area contributed by atoms with Crippen LogP contribution < -0.4 is 32.3 Å².